The van der Waals surface area contributed by atoms with Crippen molar-refractivity contribution in [3.05, 3.63) is 0 Å². The molecule has 0 saturated carbocycles. The van der Waals surface area contributed by atoms with Gasteiger partial charge in [-0.1, -0.05) is 41.5 Å². The minimum Gasteiger partial charge on any atom is -0.414 e. The summed E-state index contributed by atoms with van der Waals surface area (Å²) in [6.07, 6.45) is 6.97. The fourth-order valence-corrected chi connectivity index (χ4v) is 5.61. The molecule has 0 heterocycles. The van der Waals surface area contributed by atoms with Crippen LogP contribution in [0, 0.1) is 0 Å². The van der Waals surface area contributed by atoms with Crippen molar-refractivity contribution in [3.63, 3.8) is 0 Å². The van der Waals surface area contributed by atoms with E-state index in [2.05, 4.69) is 74.7 Å². The molecule has 1 N–H and O–H groups in total. The Labute approximate surface area is 172 Å². The van der Waals surface area contributed by atoms with Gasteiger partial charge < -0.3 is 14.0 Å². The molecule has 0 aliphatic heterocycles. The highest BCUT2D eigenvalue weighted by molar-refractivity contribution is 6.74. The van der Waals surface area contributed by atoms with Crippen LogP contribution in [0.25, 0.3) is 0 Å². The fourth-order valence-electron chi connectivity index (χ4n) is 2.71. The molecule has 0 bridgehead atoms. The Kier molecular flexibility index (Phi) is 11.0. The van der Waals surface area contributed by atoms with Crippen LogP contribution in [-0.4, -0.2) is 40.6 Å². The van der Waals surface area contributed by atoms with E-state index in [0.717, 1.165) is 38.5 Å². The lowest BCUT2D eigenvalue weighted by Gasteiger charge is -2.40. The number of rotatable bonds is 12. The van der Waals surface area contributed by atoms with E-state index < -0.39 is 16.6 Å². The van der Waals surface area contributed by atoms with Crippen molar-refractivity contribution < 1.29 is 14.0 Å². The smallest absolute Gasteiger partial charge is 0.192 e. The summed E-state index contributed by atoms with van der Waals surface area (Å²) in [5, 5.41) is 9.62. The molecule has 0 aromatic rings. The van der Waals surface area contributed by atoms with Crippen LogP contribution in [0.4, 0.5) is 0 Å². The number of unbranched alkanes of at least 4 members (excludes halogenated alkanes) is 1. The van der Waals surface area contributed by atoms with Gasteiger partial charge in [-0.05, 0) is 81.7 Å². The summed E-state index contributed by atoms with van der Waals surface area (Å²) in [5.41, 5.74) is 0. The molecule has 0 radical (unpaired) electrons. The molecule has 0 rings (SSSR count). The third kappa shape index (κ3) is 10.1. The Morgan fingerprint density at radius 1 is 0.704 bits per heavy atom. The van der Waals surface area contributed by atoms with Crippen LogP contribution in [0.15, 0.2) is 0 Å². The maximum absolute atomic E-state index is 9.12. The second-order valence-electron chi connectivity index (χ2n) is 11.3. The SMILES string of the molecule is C[C@@H](CCC[C@H](CCCCO)O[Si](C)(C)C(C)(C)C)O[Si](C)(C)C(C)(C)C. The van der Waals surface area contributed by atoms with Crippen LogP contribution < -0.4 is 0 Å². The Bertz CT molecular complexity index is 409. The molecule has 0 fully saturated rings. The molecule has 0 aromatic heterocycles. The van der Waals surface area contributed by atoms with E-state index in [4.69, 9.17) is 14.0 Å². The fraction of sp³-hybridized carbons (Fsp3) is 1.00. The quantitative estimate of drug-likeness (QED) is 0.271. The van der Waals surface area contributed by atoms with Gasteiger partial charge in [0.2, 0.25) is 0 Å². The van der Waals surface area contributed by atoms with E-state index in [9.17, 15) is 0 Å². The number of hydrogen-bond acceptors (Lipinski definition) is 3. The molecule has 3 nitrogen and oxygen atoms in total. The first-order chi connectivity index (χ1) is 12.0. The normalized spacial score (nSPS) is 16.4. The zero-order valence-electron chi connectivity index (χ0n) is 20.4. The Hall–Kier alpha value is 0.314. The van der Waals surface area contributed by atoms with Crippen LogP contribution in [0.1, 0.15) is 87.0 Å². The summed E-state index contributed by atoms with van der Waals surface area (Å²) in [6.45, 7) is 25.7. The van der Waals surface area contributed by atoms with Gasteiger partial charge in [-0.15, -0.1) is 0 Å². The van der Waals surface area contributed by atoms with Gasteiger partial charge in [-0.3, -0.25) is 0 Å². The second-order valence-corrected chi connectivity index (χ2v) is 20.9. The first-order valence-corrected chi connectivity index (χ1v) is 16.8. The van der Waals surface area contributed by atoms with Crippen molar-refractivity contribution in [2.75, 3.05) is 6.61 Å². The number of aliphatic hydroxyl groups excluding tert-OH is 1. The van der Waals surface area contributed by atoms with Gasteiger partial charge in [0.15, 0.2) is 16.6 Å². The summed E-state index contributed by atoms with van der Waals surface area (Å²) in [5.74, 6) is 0. The summed E-state index contributed by atoms with van der Waals surface area (Å²) >= 11 is 0. The maximum Gasteiger partial charge on any atom is 0.192 e. The summed E-state index contributed by atoms with van der Waals surface area (Å²) in [4.78, 5) is 0. The molecule has 0 unspecified atom stereocenters. The van der Waals surface area contributed by atoms with Crippen LogP contribution >= 0.6 is 0 Å². The van der Waals surface area contributed by atoms with E-state index in [-0.39, 0.29) is 16.7 Å². The molecular formula is C22H50O3Si2. The molecule has 5 heteroatoms. The first kappa shape index (κ1) is 27.3. The Morgan fingerprint density at radius 3 is 1.59 bits per heavy atom. The largest absolute Gasteiger partial charge is 0.414 e. The van der Waals surface area contributed by atoms with Crippen LogP contribution in [0.5, 0.6) is 0 Å². The monoisotopic (exact) mass is 418 g/mol. The molecule has 0 aliphatic carbocycles. The molecule has 0 spiro atoms. The highest BCUT2D eigenvalue weighted by atomic mass is 28.4. The van der Waals surface area contributed by atoms with Crippen LogP contribution in [0.2, 0.25) is 36.3 Å². The third-order valence-electron chi connectivity index (χ3n) is 6.64. The summed E-state index contributed by atoms with van der Waals surface area (Å²) in [7, 11) is -3.44. The van der Waals surface area contributed by atoms with Crippen molar-refractivity contribution in [2.24, 2.45) is 0 Å². The molecular weight excluding hydrogens is 368 g/mol. The highest BCUT2D eigenvalue weighted by Gasteiger charge is 2.39. The molecule has 27 heavy (non-hydrogen) atoms. The van der Waals surface area contributed by atoms with Crippen molar-refractivity contribution in [2.45, 2.75) is 135 Å². The maximum atomic E-state index is 9.12. The molecule has 0 aliphatic rings. The lowest BCUT2D eigenvalue weighted by Crippen LogP contribution is -2.44. The van der Waals surface area contributed by atoms with Crippen molar-refractivity contribution >= 4 is 16.6 Å². The average molecular weight is 419 g/mol. The van der Waals surface area contributed by atoms with Gasteiger partial charge in [0.1, 0.15) is 0 Å². The van der Waals surface area contributed by atoms with Crippen LogP contribution in [-0.2, 0) is 8.85 Å². The van der Waals surface area contributed by atoms with Crippen molar-refractivity contribution in [1.29, 1.82) is 0 Å². The lowest BCUT2D eigenvalue weighted by molar-refractivity contribution is 0.138. The van der Waals surface area contributed by atoms with Crippen molar-refractivity contribution in [3.8, 4) is 0 Å². The lowest BCUT2D eigenvalue weighted by atomic mass is 10.0. The molecule has 0 aromatic carbocycles. The molecule has 0 saturated heterocycles. The predicted octanol–water partition coefficient (Wildman–Crippen LogP) is 7.12. The summed E-state index contributed by atoms with van der Waals surface area (Å²) in [6, 6.07) is 0. The van der Waals surface area contributed by atoms with E-state index in [1.165, 1.54) is 0 Å². The molecule has 164 valence electrons. The number of aliphatic hydroxyl groups is 1. The first-order valence-electron chi connectivity index (χ1n) is 11.0. The highest BCUT2D eigenvalue weighted by Crippen LogP contribution is 2.39. The molecule has 2 atom stereocenters. The zero-order valence-corrected chi connectivity index (χ0v) is 22.4. The third-order valence-corrected chi connectivity index (χ3v) is 15.8. The summed E-state index contributed by atoms with van der Waals surface area (Å²) < 4.78 is 13.2. The standard InChI is InChI=1S/C22H50O3Si2/c1-19(24-26(8,9)21(2,3)4)15-14-17-20(16-12-13-18-23)25-27(10,11)22(5,6)7/h19-20,23H,12-18H2,1-11H3/t19-,20-/m0/s1. The minimum absolute atomic E-state index is 0.237. The van der Waals surface area contributed by atoms with Crippen molar-refractivity contribution in [1.82, 2.24) is 0 Å². The molecule has 0 amide bonds. The zero-order chi connectivity index (χ0) is 21.5. The van der Waals surface area contributed by atoms with Gasteiger partial charge >= 0.3 is 0 Å². The predicted molar refractivity (Wildman–Crippen MR) is 125 cm³/mol. The Morgan fingerprint density at radius 2 is 1.15 bits per heavy atom. The van der Waals surface area contributed by atoms with Gasteiger partial charge in [-0.25, -0.2) is 0 Å². The van der Waals surface area contributed by atoms with Gasteiger partial charge in [0, 0.05) is 18.8 Å². The van der Waals surface area contributed by atoms with E-state index in [1.807, 2.05) is 0 Å². The van der Waals surface area contributed by atoms with Gasteiger partial charge in [0.25, 0.3) is 0 Å². The number of hydrogen-bond donors (Lipinski definition) is 1. The van der Waals surface area contributed by atoms with E-state index in [0.29, 0.717) is 12.2 Å². The topological polar surface area (TPSA) is 38.7 Å². The minimum atomic E-state index is -1.76. The Balaban J connectivity index is 4.68. The van der Waals surface area contributed by atoms with E-state index >= 15 is 0 Å². The van der Waals surface area contributed by atoms with Crippen LogP contribution in [0.3, 0.4) is 0 Å². The van der Waals surface area contributed by atoms with E-state index in [1.54, 1.807) is 0 Å². The average Bonchev–Trinajstić information content (AvgIpc) is 2.43. The van der Waals surface area contributed by atoms with Gasteiger partial charge in [-0.2, -0.15) is 0 Å². The van der Waals surface area contributed by atoms with Gasteiger partial charge in [0.05, 0.1) is 0 Å². The second kappa shape index (κ2) is 10.9.